The molecule has 1 aliphatic rings. The lowest BCUT2D eigenvalue weighted by Gasteiger charge is -2.15. The maximum atomic E-state index is 5.02. The van der Waals surface area contributed by atoms with Gasteiger partial charge in [0.05, 0.1) is 18.2 Å². The minimum Gasteiger partial charge on any atom is -0.465 e. The van der Waals surface area contributed by atoms with Crippen LogP contribution in [0.5, 0.6) is 0 Å². The van der Waals surface area contributed by atoms with Crippen LogP contribution >= 0.6 is 15.9 Å². The van der Waals surface area contributed by atoms with E-state index in [1.165, 1.54) is 0 Å². The Kier molecular flexibility index (Phi) is 2.21. The van der Waals surface area contributed by atoms with Crippen molar-refractivity contribution in [1.82, 2.24) is 0 Å². The highest BCUT2D eigenvalue weighted by atomic mass is 79.9. The molecule has 46 valence electrons. The van der Waals surface area contributed by atoms with E-state index < -0.39 is 0 Å². The largest absolute Gasteiger partial charge is 0.465 e. The fraction of sp³-hybridized carbons (Fsp3) is 0.600. The Hall–Kier alpha value is -0.180. The molecule has 3 heteroatoms. The summed E-state index contributed by atoms with van der Waals surface area (Å²) in [5, 5.41) is 0. The molecule has 1 fully saturated rings. The molecule has 0 bridgehead atoms. The van der Waals surface area contributed by atoms with E-state index in [1.807, 2.05) is 0 Å². The molecule has 0 aliphatic carbocycles. The summed E-state index contributed by atoms with van der Waals surface area (Å²) in [7, 11) is 0. The molecule has 8 heavy (non-hydrogen) atoms. The minimum atomic E-state index is 0.594. The number of ether oxygens (including phenoxy) is 2. The van der Waals surface area contributed by atoms with Crippen molar-refractivity contribution in [3.05, 3.63) is 10.9 Å². The van der Waals surface area contributed by atoms with Gasteiger partial charge in [0, 0.05) is 6.42 Å². The summed E-state index contributed by atoms with van der Waals surface area (Å²) in [6, 6.07) is 0. The van der Waals surface area contributed by atoms with E-state index in [1.54, 1.807) is 4.99 Å². The number of hydrogen-bond donors (Lipinski definition) is 0. The summed E-state index contributed by atoms with van der Waals surface area (Å²) in [6.07, 6.45) is 0.990. The van der Waals surface area contributed by atoms with Crippen LogP contribution in [0.15, 0.2) is 10.9 Å². The van der Waals surface area contributed by atoms with E-state index in [2.05, 4.69) is 15.9 Å². The first-order valence-electron chi connectivity index (χ1n) is 2.49. The van der Waals surface area contributed by atoms with Crippen molar-refractivity contribution < 1.29 is 9.47 Å². The standard InChI is InChI=1S/C5H7BrO2/c6-4-5-7-2-1-3-8-5/h4H,1-3H2. The Labute approximate surface area is 56.6 Å². The summed E-state index contributed by atoms with van der Waals surface area (Å²) < 4.78 is 10.0. The molecule has 1 aliphatic heterocycles. The van der Waals surface area contributed by atoms with Crippen molar-refractivity contribution in [3.8, 4) is 0 Å². The first-order chi connectivity index (χ1) is 3.93. The van der Waals surface area contributed by atoms with E-state index in [4.69, 9.17) is 9.47 Å². The van der Waals surface area contributed by atoms with Crippen LogP contribution in [0.3, 0.4) is 0 Å². The van der Waals surface area contributed by atoms with Crippen LogP contribution < -0.4 is 0 Å². The molecule has 0 saturated carbocycles. The Morgan fingerprint density at radius 2 is 2.00 bits per heavy atom. The molecular formula is C5H7BrO2. The van der Waals surface area contributed by atoms with Crippen LogP contribution in [0.25, 0.3) is 0 Å². The molecule has 0 aromatic carbocycles. The highest BCUT2D eigenvalue weighted by molar-refractivity contribution is 9.11. The van der Waals surface area contributed by atoms with Crippen LogP contribution in [0, 0.1) is 0 Å². The average molecular weight is 179 g/mol. The number of rotatable bonds is 0. The van der Waals surface area contributed by atoms with Crippen LogP contribution in [0.1, 0.15) is 6.42 Å². The summed E-state index contributed by atoms with van der Waals surface area (Å²) >= 11 is 3.10. The normalized spacial score (nSPS) is 18.9. The molecule has 0 radical (unpaired) electrons. The van der Waals surface area contributed by atoms with Crippen LogP contribution in [0.4, 0.5) is 0 Å². The monoisotopic (exact) mass is 178 g/mol. The van der Waals surface area contributed by atoms with Crippen molar-refractivity contribution >= 4 is 15.9 Å². The molecule has 0 unspecified atom stereocenters. The molecule has 0 spiro atoms. The van der Waals surface area contributed by atoms with Crippen LogP contribution in [-0.4, -0.2) is 13.2 Å². The van der Waals surface area contributed by atoms with Gasteiger partial charge in [0.2, 0.25) is 0 Å². The second-order valence-electron chi connectivity index (χ2n) is 1.48. The molecule has 0 aromatic heterocycles. The maximum Gasteiger partial charge on any atom is 0.286 e. The third kappa shape index (κ3) is 1.40. The van der Waals surface area contributed by atoms with E-state index in [0.717, 1.165) is 19.6 Å². The highest BCUT2D eigenvalue weighted by Gasteiger charge is 2.03. The second kappa shape index (κ2) is 2.97. The molecule has 2 nitrogen and oxygen atoms in total. The summed E-state index contributed by atoms with van der Waals surface area (Å²) in [4.78, 5) is 1.64. The molecule has 0 aromatic rings. The first-order valence-corrected chi connectivity index (χ1v) is 3.41. The topological polar surface area (TPSA) is 18.5 Å². The number of hydrogen-bond acceptors (Lipinski definition) is 2. The minimum absolute atomic E-state index is 0.594. The molecular weight excluding hydrogens is 172 g/mol. The van der Waals surface area contributed by atoms with Gasteiger partial charge in [0.1, 0.15) is 0 Å². The van der Waals surface area contributed by atoms with E-state index in [9.17, 15) is 0 Å². The van der Waals surface area contributed by atoms with Gasteiger partial charge in [-0.3, -0.25) is 0 Å². The molecule has 1 heterocycles. The molecule has 1 rings (SSSR count). The SMILES string of the molecule is BrC=C1OCCCO1. The third-order valence-electron chi connectivity index (χ3n) is 0.866. The van der Waals surface area contributed by atoms with Gasteiger partial charge in [-0.05, 0) is 0 Å². The second-order valence-corrected chi connectivity index (χ2v) is 1.94. The molecule has 0 N–H and O–H groups in total. The maximum absolute atomic E-state index is 5.02. The zero-order chi connectivity index (χ0) is 5.82. The van der Waals surface area contributed by atoms with E-state index in [-0.39, 0.29) is 0 Å². The van der Waals surface area contributed by atoms with Gasteiger partial charge in [-0.25, -0.2) is 0 Å². The van der Waals surface area contributed by atoms with Crippen molar-refractivity contribution in [2.75, 3.05) is 13.2 Å². The Bertz CT molecular complexity index is 92.6. The predicted octanol–water partition coefficient (Wildman–Crippen LogP) is 1.62. The summed E-state index contributed by atoms with van der Waals surface area (Å²) in [5.74, 6) is 0.594. The first kappa shape index (κ1) is 5.95. The zero-order valence-electron chi connectivity index (χ0n) is 4.39. The van der Waals surface area contributed by atoms with Crippen molar-refractivity contribution in [2.24, 2.45) is 0 Å². The van der Waals surface area contributed by atoms with Gasteiger partial charge < -0.3 is 9.47 Å². The lowest BCUT2D eigenvalue weighted by atomic mass is 10.5. The van der Waals surface area contributed by atoms with Gasteiger partial charge in [-0.2, -0.15) is 0 Å². The van der Waals surface area contributed by atoms with Gasteiger partial charge in [0.25, 0.3) is 5.95 Å². The van der Waals surface area contributed by atoms with Gasteiger partial charge >= 0.3 is 0 Å². The smallest absolute Gasteiger partial charge is 0.286 e. The highest BCUT2D eigenvalue weighted by Crippen LogP contribution is 2.09. The molecule has 1 saturated heterocycles. The van der Waals surface area contributed by atoms with Crippen molar-refractivity contribution in [1.29, 1.82) is 0 Å². The lowest BCUT2D eigenvalue weighted by Crippen LogP contribution is -2.09. The molecule has 0 atom stereocenters. The Balaban J connectivity index is 2.33. The van der Waals surface area contributed by atoms with Gasteiger partial charge in [-0.15, -0.1) is 0 Å². The van der Waals surface area contributed by atoms with Crippen LogP contribution in [-0.2, 0) is 9.47 Å². The van der Waals surface area contributed by atoms with Crippen molar-refractivity contribution in [3.63, 3.8) is 0 Å². The van der Waals surface area contributed by atoms with Gasteiger partial charge in [0.15, 0.2) is 0 Å². The van der Waals surface area contributed by atoms with Crippen LogP contribution in [0.2, 0.25) is 0 Å². The van der Waals surface area contributed by atoms with E-state index in [0.29, 0.717) is 5.95 Å². The Morgan fingerprint density at radius 3 is 2.38 bits per heavy atom. The fourth-order valence-corrected chi connectivity index (χ4v) is 0.773. The van der Waals surface area contributed by atoms with Gasteiger partial charge in [-0.1, -0.05) is 15.9 Å². The molecule has 0 amide bonds. The summed E-state index contributed by atoms with van der Waals surface area (Å²) in [5.41, 5.74) is 0. The fourth-order valence-electron chi connectivity index (χ4n) is 0.509. The summed E-state index contributed by atoms with van der Waals surface area (Å²) in [6.45, 7) is 1.55. The average Bonchev–Trinajstić information content (AvgIpc) is 1.90. The number of halogens is 1. The third-order valence-corrected chi connectivity index (χ3v) is 1.24. The lowest BCUT2D eigenvalue weighted by molar-refractivity contribution is -0.0127. The zero-order valence-corrected chi connectivity index (χ0v) is 5.98. The predicted molar refractivity (Wildman–Crippen MR) is 33.5 cm³/mol. The Morgan fingerprint density at radius 1 is 1.38 bits per heavy atom. The van der Waals surface area contributed by atoms with Crippen molar-refractivity contribution in [2.45, 2.75) is 6.42 Å². The van der Waals surface area contributed by atoms with E-state index >= 15 is 0 Å². The quantitative estimate of drug-likeness (QED) is 0.562.